The standard InChI is InChI=1S/C13H15ClF3N/c14-11-6-9(5-10(8-11)13(15,16)17)7-12-3-1-2-4-18-12/h5-6,8,12,18H,1-4,7H2. The van der Waals surface area contributed by atoms with Crippen molar-refractivity contribution in [3.8, 4) is 0 Å². The van der Waals surface area contributed by atoms with E-state index in [1.807, 2.05) is 0 Å². The van der Waals surface area contributed by atoms with Gasteiger partial charge in [0.15, 0.2) is 0 Å². The topological polar surface area (TPSA) is 12.0 Å². The third kappa shape index (κ3) is 3.62. The second-order valence-corrected chi connectivity index (χ2v) is 5.13. The Morgan fingerprint density at radius 1 is 1.22 bits per heavy atom. The zero-order chi connectivity index (χ0) is 13.2. The predicted molar refractivity (Wildman–Crippen MR) is 65.8 cm³/mol. The smallest absolute Gasteiger partial charge is 0.314 e. The molecule has 0 amide bonds. The SMILES string of the molecule is FC(F)(F)c1cc(Cl)cc(CC2CCCCN2)c1. The molecule has 1 N–H and O–H groups in total. The normalized spacial score (nSPS) is 21.0. The maximum Gasteiger partial charge on any atom is 0.416 e. The third-order valence-corrected chi connectivity index (χ3v) is 3.40. The second kappa shape index (κ2) is 5.49. The minimum Gasteiger partial charge on any atom is -0.314 e. The predicted octanol–water partition coefficient (Wildman–Crippen LogP) is 4.04. The van der Waals surface area contributed by atoms with Gasteiger partial charge in [0.1, 0.15) is 0 Å². The molecule has 5 heteroatoms. The summed E-state index contributed by atoms with van der Waals surface area (Å²) < 4.78 is 38.0. The van der Waals surface area contributed by atoms with Crippen LogP contribution in [0.4, 0.5) is 13.2 Å². The van der Waals surface area contributed by atoms with E-state index in [1.165, 1.54) is 6.07 Å². The van der Waals surface area contributed by atoms with E-state index < -0.39 is 11.7 Å². The maximum atomic E-state index is 12.7. The monoisotopic (exact) mass is 277 g/mol. The van der Waals surface area contributed by atoms with Gasteiger partial charge in [0, 0.05) is 11.1 Å². The number of piperidine rings is 1. The summed E-state index contributed by atoms with van der Waals surface area (Å²) in [7, 11) is 0. The Morgan fingerprint density at radius 2 is 2.00 bits per heavy atom. The van der Waals surface area contributed by atoms with Crippen LogP contribution in [-0.2, 0) is 12.6 Å². The molecule has 0 bridgehead atoms. The van der Waals surface area contributed by atoms with Gasteiger partial charge in [-0.15, -0.1) is 0 Å². The maximum absolute atomic E-state index is 12.7. The van der Waals surface area contributed by atoms with Crippen LogP contribution < -0.4 is 5.32 Å². The molecule has 0 spiro atoms. The Kier molecular flexibility index (Phi) is 4.17. The van der Waals surface area contributed by atoms with Crippen LogP contribution in [0.1, 0.15) is 30.4 Å². The minimum absolute atomic E-state index is 0.149. The molecule has 1 aliphatic heterocycles. The van der Waals surface area contributed by atoms with Gasteiger partial charge in [0.2, 0.25) is 0 Å². The molecule has 2 rings (SSSR count). The van der Waals surface area contributed by atoms with Crippen molar-refractivity contribution in [2.24, 2.45) is 0 Å². The zero-order valence-electron chi connectivity index (χ0n) is 9.86. The van der Waals surface area contributed by atoms with Gasteiger partial charge in [-0.1, -0.05) is 18.0 Å². The molecule has 1 atom stereocenters. The molecule has 1 aromatic rings. The van der Waals surface area contributed by atoms with Crippen LogP contribution in [-0.4, -0.2) is 12.6 Å². The molecule has 100 valence electrons. The number of hydrogen-bond donors (Lipinski definition) is 1. The summed E-state index contributed by atoms with van der Waals surface area (Å²) in [6.45, 7) is 0.942. The molecule has 1 saturated heterocycles. The van der Waals surface area contributed by atoms with Crippen molar-refractivity contribution in [3.63, 3.8) is 0 Å². The molecular weight excluding hydrogens is 263 g/mol. The van der Waals surface area contributed by atoms with Crippen molar-refractivity contribution in [1.29, 1.82) is 0 Å². The summed E-state index contributed by atoms with van der Waals surface area (Å²) in [6.07, 6.45) is -0.457. The minimum atomic E-state index is -4.33. The molecule has 0 aliphatic carbocycles. The molecule has 1 aliphatic rings. The van der Waals surface area contributed by atoms with E-state index in [0.717, 1.165) is 31.9 Å². The van der Waals surface area contributed by atoms with Crippen molar-refractivity contribution < 1.29 is 13.2 Å². The van der Waals surface area contributed by atoms with E-state index in [9.17, 15) is 13.2 Å². The highest BCUT2D eigenvalue weighted by Crippen LogP contribution is 2.32. The van der Waals surface area contributed by atoms with Crippen LogP contribution in [0.3, 0.4) is 0 Å². The fourth-order valence-electron chi connectivity index (χ4n) is 2.31. The third-order valence-electron chi connectivity index (χ3n) is 3.18. The Morgan fingerprint density at radius 3 is 2.61 bits per heavy atom. The number of alkyl halides is 3. The van der Waals surface area contributed by atoms with Gasteiger partial charge in [-0.2, -0.15) is 13.2 Å². The summed E-state index contributed by atoms with van der Waals surface area (Å²) in [6, 6.07) is 4.05. The largest absolute Gasteiger partial charge is 0.416 e. The highest BCUT2D eigenvalue weighted by Gasteiger charge is 2.31. The second-order valence-electron chi connectivity index (χ2n) is 4.70. The zero-order valence-corrected chi connectivity index (χ0v) is 10.6. The lowest BCUT2D eigenvalue weighted by Gasteiger charge is -2.23. The first-order valence-electron chi connectivity index (χ1n) is 6.05. The van der Waals surface area contributed by atoms with Crippen molar-refractivity contribution in [3.05, 3.63) is 34.3 Å². The van der Waals surface area contributed by atoms with Gasteiger partial charge >= 0.3 is 6.18 Å². The lowest BCUT2D eigenvalue weighted by atomic mass is 9.97. The average molecular weight is 278 g/mol. The quantitative estimate of drug-likeness (QED) is 0.860. The van der Waals surface area contributed by atoms with Crippen LogP contribution in [0.15, 0.2) is 18.2 Å². The number of hydrogen-bond acceptors (Lipinski definition) is 1. The van der Waals surface area contributed by atoms with Crippen molar-refractivity contribution in [2.75, 3.05) is 6.54 Å². The fourth-order valence-corrected chi connectivity index (χ4v) is 2.57. The molecule has 1 nitrogen and oxygen atoms in total. The summed E-state index contributed by atoms with van der Waals surface area (Å²) in [5, 5.41) is 3.47. The average Bonchev–Trinajstić information content (AvgIpc) is 2.28. The van der Waals surface area contributed by atoms with Crippen LogP contribution >= 0.6 is 11.6 Å². The van der Waals surface area contributed by atoms with Crippen LogP contribution in [0.2, 0.25) is 5.02 Å². The van der Waals surface area contributed by atoms with E-state index in [-0.39, 0.29) is 11.1 Å². The summed E-state index contributed by atoms with van der Waals surface area (Å²) in [5.41, 5.74) is -0.0185. The Balaban J connectivity index is 2.14. The van der Waals surface area contributed by atoms with E-state index >= 15 is 0 Å². The Labute approximate surface area is 109 Å². The first kappa shape index (κ1) is 13.7. The van der Waals surface area contributed by atoms with Crippen molar-refractivity contribution in [2.45, 2.75) is 37.9 Å². The lowest BCUT2D eigenvalue weighted by Crippen LogP contribution is -2.35. The Hall–Kier alpha value is -0.740. The number of rotatable bonds is 2. The molecule has 0 saturated carbocycles. The van der Waals surface area contributed by atoms with Crippen molar-refractivity contribution in [1.82, 2.24) is 5.32 Å². The van der Waals surface area contributed by atoms with Gasteiger partial charge in [0.05, 0.1) is 5.56 Å². The van der Waals surface area contributed by atoms with E-state index in [4.69, 9.17) is 11.6 Å². The van der Waals surface area contributed by atoms with E-state index in [0.29, 0.717) is 12.0 Å². The summed E-state index contributed by atoms with van der Waals surface area (Å²) >= 11 is 5.75. The van der Waals surface area contributed by atoms with E-state index in [2.05, 4.69) is 5.32 Å². The number of nitrogens with one attached hydrogen (secondary N) is 1. The molecule has 1 unspecified atom stereocenters. The van der Waals surface area contributed by atoms with Crippen molar-refractivity contribution >= 4 is 11.6 Å². The highest BCUT2D eigenvalue weighted by atomic mass is 35.5. The first-order chi connectivity index (χ1) is 8.45. The molecule has 0 radical (unpaired) electrons. The highest BCUT2D eigenvalue weighted by molar-refractivity contribution is 6.30. The van der Waals surface area contributed by atoms with Crippen LogP contribution in [0, 0.1) is 0 Å². The molecular formula is C13H15ClF3N. The molecule has 1 heterocycles. The summed E-state index contributed by atoms with van der Waals surface area (Å²) in [5.74, 6) is 0. The van der Waals surface area contributed by atoms with Crippen LogP contribution in [0.25, 0.3) is 0 Å². The number of halogens is 4. The van der Waals surface area contributed by atoms with Gasteiger partial charge < -0.3 is 5.32 Å². The number of benzene rings is 1. The Bertz CT molecular complexity index is 411. The summed E-state index contributed by atoms with van der Waals surface area (Å²) in [4.78, 5) is 0. The molecule has 1 aromatic carbocycles. The van der Waals surface area contributed by atoms with Gasteiger partial charge in [-0.25, -0.2) is 0 Å². The molecule has 0 aromatic heterocycles. The molecule has 1 fully saturated rings. The van der Waals surface area contributed by atoms with E-state index in [1.54, 1.807) is 6.07 Å². The first-order valence-corrected chi connectivity index (χ1v) is 6.43. The van der Waals surface area contributed by atoms with Gasteiger partial charge in [-0.3, -0.25) is 0 Å². The molecule has 18 heavy (non-hydrogen) atoms. The lowest BCUT2D eigenvalue weighted by molar-refractivity contribution is -0.137. The fraction of sp³-hybridized carbons (Fsp3) is 0.538. The van der Waals surface area contributed by atoms with Crippen LogP contribution in [0.5, 0.6) is 0 Å². The van der Waals surface area contributed by atoms with Gasteiger partial charge in [-0.05, 0) is 49.6 Å². The van der Waals surface area contributed by atoms with Gasteiger partial charge in [0.25, 0.3) is 0 Å².